The van der Waals surface area contributed by atoms with Gasteiger partial charge in [-0.2, -0.15) is 0 Å². The Hall–Kier alpha value is -4.33. The normalized spacial score (nSPS) is 19.4. The molecule has 10 nitrogen and oxygen atoms in total. The van der Waals surface area contributed by atoms with E-state index in [1.165, 1.54) is 6.33 Å². The zero-order valence-corrected chi connectivity index (χ0v) is 25.7. The fourth-order valence-corrected chi connectivity index (χ4v) is 6.07. The van der Waals surface area contributed by atoms with Crippen molar-refractivity contribution in [2.45, 2.75) is 24.5 Å². The number of ether oxygens (including phenoxy) is 4. The maximum absolute atomic E-state index is 13.4. The number of halogens is 2. The minimum Gasteiger partial charge on any atom is -0.459 e. The van der Waals surface area contributed by atoms with Crippen molar-refractivity contribution in [1.29, 1.82) is 0 Å². The first-order chi connectivity index (χ1) is 21.4. The monoisotopic (exact) mass is 723 g/mol. The highest BCUT2D eigenvalue weighted by Gasteiger charge is 2.52. The molecular formula is C32H23ClIN3O7. The average molecular weight is 724 g/mol. The van der Waals surface area contributed by atoms with E-state index in [1.807, 2.05) is 0 Å². The first-order valence-corrected chi connectivity index (χ1v) is 14.9. The summed E-state index contributed by atoms with van der Waals surface area (Å²) in [6, 6.07) is 25.2. The van der Waals surface area contributed by atoms with Crippen LogP contribution in [-0.2, 0) is 18.9 Å². The fraction of sp³-hybridized carbons (Fsp3) is 0.156. The van der Waals surface area contributed by atoms with Crippen LogP contribution in [0.5, 0.6) is 0 Å². The molecule has 5 aromatic rings. The molecule has 1 aliphatic rings. The molecular weight excluding hydrogens is 701 g/mol. The highest BCUT2D eigenvalue weighted by molar-refractivity contribution is 14.1. The molecule has 0 bridgehead atoms. The van der Waals surface area contributed by atoms with Gasteiger partial charge in [0.15, 0.2) is 18.4 Å². The lowest BCUT2D eigenvalue weighted by Gasteiger charge is -2.25. The lowest BCUT2D eigenvalue weighted by Crippen LogP contribution is -2.41. The number of fused-ring (bicyclic) bond motifs is 1. The van der Waals surface area contributed by atoms with Gasteiger partial charge >= 0.3 is 17.9 Å². The topological polar surface area (TPSA) is 119 Å². The smallest absolute Gasteiger partial charge is 0.338 e. The van der Waals surface area contributed by atoms with Gasteiger partial charge in [-0.05, 0) is 59.0 Å². The van der Waals surface area contributed by atoms with Gasteiger partial charge in [0.2, 0.25) is 0 Å². The van der Waals surface area contributed by atoms with Crippen molar-refractivity contribution in [2.75, 3.05) is 6.61 Å². The molecule has 3 aromatic carbocycles. The predicted octanol–water partition coefficient (Wildman–Crippen LogP) is 5.89. The molecule has 4 atom stereocenters. The number of hydrogen-bond donors (Lipinski definition) is 0. The Morgan fingerprint density at radius 2 is 1.30 bits per heavy atom. The van der Waals surface area contributed by atoms with E-state index in [-0.39, 0.29) is 22.9 Å². The molecule has 12 heteroatoms. The summed E-state index contributed by atoms with van der Waals surface area (Å²) in [5.74, 6) is -1.92. The van der Waals surface area contributed by atoms with Gasteiger partial charge in [-0.15, -0.1) is 0 Å². The summed E-state index contributed by atoms with van der Waals surface area (Å²) in [4.78, 5) is 48.1. The van der Waals surface area contributed by atoms with Crippen molar-refractivity contribution in [1.82, 2.24) is 14.5 Å². The van der Waals surface area contributed by atoms with E-state index >= 15 is 0 Å². The summed E-state index contributed by atoms with van der Waals surface area (Å²) in [5.41, 5.74) is 1.32. The molecule has 2 aromatic heterocycles. The second-order valence-corrected chi connectivity index (χ2v) is 11.3. The van der Waals surface area contributed by atoms with Gasteiger partial charge in [0.1, 0.15) is 29.8 Å². The Bertz CT molecular complexity index is 1800. The van der Waals surface area contributed by atoms with Gasteiger partial charge < -0.3 is 23.5 Å². The standard InChI is InChI=1S/C32H23ClIN3O7/c33-27-24-22(34)16-37(28(24)36-18-35-27)29-26(44-32(40)21-14-8-3-9-15-21)25(43-31(39)20-12-6-2-7-13-20)23(42-29)17-41-30(38)19-10-4-1-5-11-19/h1-16,18,23,25-26,29H,17H2/t23-,25?,26?,29-/m1/s1. The molecule has 44 heavy (non-hydrogen) atoms. The largest absolute Gasteiger partial charge is 0.459 e. The first kappa shape index (κ1) is 29.7. The van der Waals surface area contributed by atoms with Crippen LogP contribution in [0.1, 0.15) is 37.3 Å². The van der Waals surface area contributed by atoms with Crippen LogP contribution in [0, 0.1) is 3.57 Å². The van der Waals surface area contributed by atoms with Crippen molar-refractivity contribution in [2.24, 2.45) is 0 Å². The molecule has 0 aliphatic carbocycles. The average Bonchev–Trinajstić information content (AvgIpc) is 3.57. The lowest BCUT2D eigenvalue weighted by molar-refractivity contribution is -0.0604. The summed E-state index contributed by atoms with van der Waals surface area (Å²) in [6.45, 7) is -0.303. The maximum atomic E-state index is 13.4. The molecule has 1 aliphatic heterocycles. The molecule has 222 valence electrons. The summed E-state index contributed by atoms with van der Waals surface area (Å²) >= 11 is 8.50. The predicted molar refractivity (Wildman–Crippen MR) is 167 cm³/mol. The third-order valence-electron chi connectivity index (χ3n) is 6.97. The van der Waals surface area contributed by atoms with Crippen LogP contribution in [0.4, 0.5) is 0 Å². The number of aromatic nitrogens is 3. The van der Waals surface area contributed by atoms with Crippen LogP contribution in [0.25, 0.3) is 11.0 Å². The molecule has 6 rings (SSSR count). The Balaban J connectivity index is 1.39. The molecule has 0 saturated carbocycles. The van der Waals surface area contributed by atoms with Crippen molar-refractivity contribution in [3.05, 3.63) is 129 Å². The third kappa shape index (κ3) is 6.16. The van der Waals surface area contributed by atoms with E-state index in [0.29, 0.717) is 16.6 Å². The van der Waals surface area contributed by atoms with Gasteiger partial charge in [0, 0.05) is 9.77 Å². The van der Waals surface area contributed by atoms with Crippen LogP contribution in [0.15, 0.2) is 104 Å². The van der Waals surface area contributed by atoms with Crippen LogP contribution >= 0.6 is 34.2 Å². The Morgan fingerprint density at radius 1 is 0.773 bits per heavy atom. The zero-order chi connectivity index (χ0) is 30.6. The maximum Gasteiger partial charge on any atom is 0.338 e. The second-order valence-electron chi connectivity index (χ2n) is 9.75. The summed E-state index contributed by atoms with van der Waals surface area (Å²) < 4.78 is 26.4. The van der Waals surface area contributed by atoms with Gasteiger partial charge in [0.05, 0.1) is 22.1 Å². The number of carbonyl (C=O) groups is 3. The number of hydrogen-bond acceptors (Lipinski definition) is 9. The molecule has 0 amide bonds. The van der Waals surface area contributed by atoms with Gasteiger partial charge in [-0.25, -0.2) is 24.4 Å². The van der Waals surface area contributed by atoms with Gasteiger partial charge in [-0.1, -0.05) is 66.2 Å². The molecule has 3 heterocycles. The van der Waals surface area contributed by atoms with Crippen molar-refractivity contribution < 1.29 is 33.3 Å². The van der Waals surface area contributed by atoms with E-state index < -0.39 is 42.4 Å². The minimum absolute atomic E-state index is 0.231. The van der Waals surface area contributed by atoms with Crippen LogP contribution in [-0.4, -0.2) is 57.4 Å². The number of nitrogens with zero attached hydrogens (tertiary/aromatic N) is 3. The summed E-state index contributed by atoms with van der Waals surface area (Å²) in [7, 11) is 0. The van der Waals surface area contributed by atoms with E-state index in [4.69, 9.17) is 30.5 Å². The fourth-order valence-electron chi connectivity index (χ4n) is 4.88. The van der Waals surface area contributed by atoms with Crippen molar-refractivity contribution in [3.8, 4) is 0 Å². The lowest BCUT2D eigenvalue weighted by atomic mass is 10.1. The molecule has 0 spiro atoms. The summed E-state index contributed by atoms with van der Waals surface area (Å²) in [5, 5.41) is 0.803. The second kappa shape index (κ2) is 13.1. The number of carbonyl (C=O) groups excluding carboxylic acids is 3. The Kier molecular flexibility index (Phi) is 8.87. The minimum atomic E-state index is -1.18. The zero-order valence-electron chi connectivity index (χ0n) is 22.8. The Morgan fingerprint density at radius 3 is 1.86 bits per heavy atom. The van der Waals surface area contributed by atoms with Crippen molar-refractivity contribution >= 4 is 63.1 Å². The first-order valence-electron chi connectivity index (χ1n) is 13.5. The molecule has 1 fully saturated rings. The highest BCUT2D eigenvalue weighted by atomic mass is 127. The quantitative estimate of drug-likeness (QED) is 0.0836. The third-order valence-corrected chi connectivity index (χ3v) is 8.07. The summed E-state index contributed by atoms with van der Waals surface area (Å²) in [6.07, 6.45) is -1.40. The van der Waals surface area contributed by atoms with Crippen molar-refractivity contribution in [3.63, 3.8) is 0 Å². The van der Waals surface area contributed by atoms with E-state index in [9.17, 15) is 14.4 Å². The number of rotatable bonds is 8. The molecule has 0 radical (unpaired) electrons. The van der Waals surface area contributed by atoms with E-state index in [0.717, 1.165) is 3.57 Å². The number of esters is 3. The molecule has 1 saturated heterocycles. The molecule has 2 unspecified atom stereocenters. The SMILES string of the molecule is O=C(OC[C@H]1O[C@@H](n2cc(I)c3c(Cl)ncnc32)C(OC(=O)c2ccccc2)C1OC(=O)c1ccccc1)c1ccccc1. The van der Waals surface area contributed by atoms with Gasteiger partial charge in [-0.3, -0.25) is 0 Å². The van der Waals surface area contributed by atoms with E-state index in [2.05, 4.69) is 32.6 Å². The van der Waals surface area contributed by atoms with Crippen LogP contribution in [0.3, 0.4) is 0 Å². The van der Waals surface area contributed by atoms with Crippen LogP contribution < -0.4 is 0 Å². The van der Waals surface area contributed by atoms with E-state index in [1.54, 1.807) is 102 Å². The Labute approximate surface area is 270 Å². The van der Waals surface area contributed by atoms with Crippen LogP contribution in [0.2, 0.25) is 5.15 Å². The highest BCUT2D eigenvalue weighted by Crippen LogP contribution is 2.39. The van der Waals surface area contributed by atoms with Gasteiger partial charge in [0.25, 0.3) is 0 Å². The molecule has 0 N–H and O–H groups in total. The number of benzene rings is 3.